The molecule has 5 aliphatic rings. The highest BCUT2D eigenvalue weighted by Crippen LogP contribution is 2.51. The Hall–Kier alpha value is -7.33. The van der Waals surface area contributed by atoms with E-state index in [-0.39, 0.29) is 35.1 Å². The normalized spacial score (nSPS) is 16.5. The van der Waals surface area contributed by atoms with E-state index in [4.69, 9.17) is 29.7 Å². The van der Waals surface area contributed by atoms with Gasteiger partial charge in [0.25, 0.3) is 13.4 Å². The highest BCUT2D eigenvalue weighted by molar-refractivity contribution is 7.02. The van der Waals surface area contributed by atoms with Crippen molar-refractivity contribution in [1.29, 1.82) is 0 Å². The van der Waals surface area contributed by atoms with Crippen molar-refractivity contribution in [2.75, 3.05) is 14.7 Å². The molecule has 8 heterocycles. The fourth-order valence-corrected chi connectivity index (χ4v) is 11.8. The average molecular weight is 916 g/mol. The molecule has 4 aromatic heterocycles. The highest BCUT2D eigenvalue weighted by Gasteiger charge is 2.51. The van der Waals surface area contributed by atoms with E-state index in [1.165, 1.54) is 11.1 Å². The first kappa shape index (κ1) is 42.7. The molecular weight excluding hydrogens is 860 g/mol. The van der Waals surface area contributed by atoms with Crippen molar-refractivity contribution in [2.45, 2.75) is 104 Å². The van der Waals surface area contributed by atoms with Crippen LogP contribution < -0.4 is 52.5 Å². The Morgan fingerprint density at radius 2 is 1.07 bits per heavy atom. The van der Waals surface area contributed by atoms with E-state index in [1.807, 2.05) is 6.20 Å². The van der Waals surface area contributed by atoms with E-state index in [0.29, 0.717) is 11.6 Å². The number of rotatable bonds is 3. The van der Waals surface area contributed by atoms with Crippen molar-refractivity contribution in [3.8, 4) is 11.6 Å². The van der Waals surface area contributed by atoms with Crippen molar-refractivity contribution >= 4 is 97.8 Å². The second-order valence-corrected chi connectivity index (χ2v) is 23.2. The first-order chi connectivity index (χ1) is 33.5. The number of hydrogen-bond donors (Lipinski definition) is 0. The Bertz CT molecular complexity index is 3490. The number of ether oxygens (including phenoxy) is 1. The molecule has 0 saturated carbocycles. The summed E-state index contributed by atoms with van der Waals surface area (Å²) in [5.41, 5.74) is 18.6. The van der Waals surface area contributed by atoms with E-state index in [9.17, 15) is 0 Å². The summed E-state index contributed by atoms with van der Waals surface area (Å²) in [6, 6.07) is 38.1. The summed E-state index contributed by atoms with van der Waals surface area (Å²) >= 11 is 0. The molecule has 4 aromatic carbocycles. The summed E-state index contributed by atoms with van der Waals surface area (Å²) in [6.07, 6.45) is 9.38. The van der Waals surface area contributed by atoms with Crippen LogP contribution in [0.3, 0.4) is 0 Å². The Morgan fingerprint density at radius 3 is 1.70 bits per heavy atom. The van der Waals surface area contributed by atoms with Gasteiger partial charge >= 0.3 is 0 Å². The third-order valence-electron chi connectivity index (χ3n) is 15.7. The van der Waals surface area contributed by atoms with Crippen LogP contribution in [0.5, 0.6) is 11.6 Å². The van der Waals surface area contributed by atoms with Gasteiger partial charge in [0.1, 0.15) is 18.5 Å². The number of fused-ring (bicyclic) bond motifs is 9. The summed E-state index contributed by atoms with van der Waals surface area (Å²) in [5.74, 6) is 2.09. The summed E-state index contributed by atoms with van der Waals surface area (Å²) in [7, 11) is 0. The molecule has 0 spiro atoms. The molecule has 344 valence electrons. The Kier molecular flexibility index (Phi) is 8.92. The molecule has 0 fully saturated rings. The topological polar surface area (TPSA) is 96.3 Å². The molecule has 0 bridgehead atoms. The van der Waals surface area contributed by atoms with E-state index in [0.717, 1.165) is 109 Å². The molecule has 12 heteroatoms. The van der Waals surface area contributed by atoms with Crippen LogP contribution in [0.4, 0.5) is 51.3 Å². The predicted octanol–water partition coefficient (Wildman–Crippen LogP) is 9.49. The Labute approximate surface area is 411 Å². The largest absolute Gasteiger partial charge is 0.437 e. The first-order valence-corrected chi connectivity index (χ1v) is 24.7. The summed E-state index contributed by atoms with van der Waals surface area (Å²) in [6.45, 7) is 22.4. The number of benzene rings is 4. The quantitative estimate of drug-likeness (QED) is 0.160. The van der Waals surface area contributed by atoms with Gasteiger partial charge in [-0.2, -0.15) is 0 Å². The molecule has 0 atom stereocenters. The molecule has 0 N–H and O–H groups in total. The molecule has 8 aromatic rings. The first-order valence-electron chi connectivity index (χ1n) is 24.7. The number of aromatic nitrogens is 6. The predicted molar refractivity (Wildman–Crippen MR) is 286 cm³/mol. The lowest BCUT2D eigenvalue weighted by Crippen LogP contribution is -2.65. The highest BCUT2D eigenvalue weighted by atomic mass is 16.5. The van der Waals surface area contributed by atoms with Crippen LogP contribution in [0.2, 0.25) is 0 Å². The van der Waals surface area contributed by atoms with Gasteiger partial charge in [-0.05, 0) is 106 Å². The molecule has 10 nitrogen and oxygen atoms in total. The van der Waals surface area contributed by atoms with Crippen LogP contribution in [-0.4, -0.2) is 43.3 Å². The van der Waals surface area contributed by atoms with E-state index in [2.05, 4.69) is 192 Å². The average Bonchev–Trinajstić information content (AvgIpc) is 3.34. The maximum Gasteiger partial charge on any atom is 0.282 e. The number of nitrogens with zero attached hydrogens (tertiary/aromatic N) is 9. The van der Waals surface area contributed by atoms with Gasteiger partial charge in [0, 0.05) is 61.7 Å². The lowest BCUT2D eigenvalue weighted by atomic mass is 9.32. The van der Waals surface area contributed by atoms with E-state index >= 15 is 0 Å². The SMILES string of the molecule is CC(C)(C)c1cc2c3c(n1)Oc1cncnc1B3c1cc3c(cc1N2c1ccccc1)N(c1ccccc1)c1cc(C(C)(C)C)nc2c1B3c1ncncc1N2c1ccc2c(c1)C(C)(C)CCC2(C)C. The van der Waals surface area contributed by atoms with Gasteiger partial charge in [-0.25, -0.2) is 29.9 Å². The summed E-state index contributed by atoms with van der Waals surface area (Å²) in [5, 5.41) is 0. The lowest BCUT2D eigenvalue weighted by Gasteiger charge is -2.46. The zero-order chi connectivity index (χ0) is 48.2. The van der Waals surface area contributed by atoms with Crippen LogP contribution >= 0.6 is 0 Å². The van der Waals surface area contributed by atoms with Gasteiger partial charge in [0.15, 0.2) is 5.75 Å². The van der Waals surface area contributed by atoms with Gasteiger partial charge in [0.05, 0.1) is 35.1 Å². The van der Waals surface area contributed by atoms with Crippen molar-refractivity contribution < 1.29 is 4.74 Å². The lowest BCUT2D eigenvalue weighted by molar-refractivity contribution is 0.332. The van der Waals surface area contributed by atoms with Crippen LogP contribution in [0, 0.1) is 0 Å². The second kappa shape index (κ2) is 14.6. The van der Waals surface area contributed by atoms with Crippen LogP contribution in [0.15, 0.2) is 128 Å². The molecule has 13 rings (SSSR count). The maximum atomic E-state index is 6.76. The molecule has 0 amide bonds. The smallest absolute Gasteiger partial charge is 0.282 e. The number of anilines is 9. The second-order valence-electron chi connectivity index (χ2n) is 23.2. The standard InChI is InChI=1S/C58H55B2N9O/c1-55(2,3)47-28-43-49-53(65-47)69(36-21-22-37-38(25-36)58(9,10)24-23-57(37,7)8)45-30-61-32-63-51(45)59(49)39-26-40-42(27-41(39)67(43)34-17-13-11-14-18-34)68(35-19-15-12-16-20-35)44-29-48(56(4,5)6)66-54-50(44)60(40)52-46(70-54)31-62-33-64-52/h11-22,25-33H,23-24H2,1-10H3. The summed E-state index contributed by atoms with van der Waals surface area (Å²) < 4.78 is 6.76. The Morgan fingerprint density at radius 1 is 0.514 bits per heavy atom. The molecule has 0 saturated heterocycles. The zero-order valence-corrected chi connectivity index (χ0v) is 41.6. The van der Waals surface area contributed by atoms with Gasteiger partial charge < -0.3 is 14.5 Å². The minimum atomic E-state index is -0.306. The van der Waals surface area contributed by atoms with Gasteiger partial charge in [-0.3, -0.25) is 4.90 Å². The number of pyridine rings is 2. The van der Waals surface area contributed by atoms with Crippen LogP contribution in [0.1, 0.15) is 105 Å². The van der Waals surface area contributed by atoms with Gasteiger partial charge in [-0.15, -0.1) is 0 Å². The zero-order valence-electron chi connectivity index (χ0n) is 41.6. The fraction of sp³-hybridized carbons (Fsp3) is 0.276. The Balaban J connectivity index is 1.14. The maximum absolute atomic E-state index is 6.76. The number of hydrogen-bond acceptors (Lipinski definition) is 10. The molecule has 0 unspecified atom stereocenters. The van der Waals surface area contributed by atoms with Crippen molar-refractivity contribution in [2.24, 2.45) is 0 Å². The fourth-order valence-electron chi connectivity index (χ4n) is 11.8. The third-order valence-corrected chi connectivity index (χ3v) is 15.7. The van der Waals surface area contributed by atoms with Crippen LogP contribution in [0.25, 0.3) is 0 Å². The third kappa shape index (κ3) is 6.20. The van der Waals surface area contributed by atoms with E-state index in [1.54, 1.807) is 18.9 Å². The van der Waals surface area contributed by atoms with Gasteiger partial charge in [0.2, 0.25) is 5.88 Å². The van der Waals surface area contributed by atoms with Crippen LogP contribution in [-0.2, 0) is 21.7 Å². The number of para-hydroxylation sites is 2. The molecule has 1 aliphatic carbocycles. The van der Waals surface area contributed by atoms with Crippen molar-refractivity contribution in [3.05, 3.63) is 151 Å². The van der Waals surface area contributed by atoms with Gasteiger partial charge in [-0.1, -0.05) is 118 Å². The summed E-state index contributed by atoms with van der Waals surface area (Å²) in [4.78, 5) is 37.9. The van der Waals surface area contributed by atoms with E-state index < -0.39 is 0 Å². The molecule has 70 heavy (non-hydrogen) atoms. The minimum absolute atomic E-state index is 0.00110. The van der Waals surface area contributed by atoms with Crippen molar-refractivity contribution in [1.82, 2.24) is 29.9 Å². The molecular formula is C58H55B2N9O. The minimum Gasteiger partial charge on any atom is -0.437 e. The monoisotopic (exact) mass is 915 g/mol. The molecule has 4 aliphatic heterocycles. The van der Waals surface area contributed by atoms with Crippen molar-refractivity contribution in [3.63, 3.8) is 0 Å². The molecule has 0 radical (unpaired) electrons.